The van der Waals surface area contributed by atoms with Crippen molar-refractivity contribution in [2.24, 2.45) is 13.0 Å². The van der Waals surface area contributed by atoms with Gasteiger partial charge in [-0.2, -0.15) is 5.10 Å². The second-order valence-corrected chi connectivity index (χ2v) is 6.22. The van der Waals surface area contributed by atoms with E-state index in [1.54, 1.807) is 10.9 Å². The first-order chi connectivity index (χ1) is 10.6. The summed E-state index contributed by atoms with van der Waals surface area (Å²) in [5, 5.41) is 7.33. The van der Waals surface area contributed by atoms with Gasteiger partial charge in [0, 0.05) is 30.4 Å². The Bertz CT molecular complexity index is 692. The molecule has 0 saturated heterocycles. The van der Waals surface area contributed by atoms with Gasteiger partial charge in [-0.05, 0) is 30.9 Å². The molecule has 116 valence electrons. The minimum Gasteiger partial charge on any atom is -0.323 e. The molecule has 2 aromatic rings. The number of nitrogens with one attached hydrogen (secondary N) is 1. The highest BCUT2D eigenvalue weighted by atomic mass is 16.1. The van der Waals surface area contributed by atoms with E-state index in [0.717, 1.165) is 41.9 Å². The molecule has 1 unspecified atom stereocenters. The summed E-state index contributed by atoms with van der Waals surface area (Å²) in [5.74, 6) is 0.467. The molecule has 0 spiro atoms. The van der Waals surface area contributed by atoms with Crippen LogP contribution in [0.5, 0.6) is 0 Å². The third kappa shape index (κ3) is 2.75. The standard InChI is InChI=1S/C17H22N4O/c1-11-5-4-6-12(2)17(22)20-15-10-19-21(3)16(15)13-7-8-18-14(11)9-13/h7-12H,4-6H2,1-3H3,(H,20,22)/t11?,12-/m1/s1. The quantitative estimate of drug-likeness (QED) is 0.811. The van der Waals surface area contributed by atoms with Gasteiger partial charge in [-0.25, -0.2) is 0 Å². The number of aromatic nitrogens is 3. The number of fused-ring (bicyclic) bond motifs is 4. The van der Waals surface area contributed by atoms with Crippen LogP contribution in [0.15, 0.2) is 24.5 Å². The molecule has 2 aromatic heterocycles. The number of pyridine rings is 1. The van der Waals surface area contributed by atoms with Gasteiger partial charge in [-0.3, -0.25) is 14.5 Å². The summed E-state index contributed by atoms with van der Waals surface area (Å²) >= 11 is 0. The zero-order chi connectivity index (χ0) is 15.7. The second kappa shape index (κ2) is 5.91. The SMILES string of the molecule is CC1CCC[C@@H](C)C(=O)Nc2cnn(C)c2-c2ccnc1c2. The minimum absolute atomic E-state index is 0.00554. The Balaban J connectivity index is 2.10. The molecule has 1 amide bonds. The maximum atomic E-state index is 12.3. The van der Waals surface area contributed by atoms with Crippen molar-refractivity contribution in [2.75, 3.05) is 5.32 Å². The van der Waals surface area contributed by atoms with Crippen LogP contribution in [-0.4, -0.2) is 20.7 Å². The van der Waals surface area contributed by atoms with Gasteiger partial charge < -0.3 is 5.32 Å². The Labute approximate surface area is 130 Å². The molecule has 2 atom stereocenters. The molecule has 1 N–H and O–H groups in total. The van der Waals surface area contributed by atoms with Crippen molar-refractivity contribution in [3.63, 3.8) is 0 Å². The molecule has 3 heterocycles. The maximum Gasteiger partial charge on any atom is 0.227 e. The van der Waals surface area contributed by atoms with Gasteiger partial charge in [-0.1, -0.05) is 20.3 Å². The van der Waals surface area contributed by atoms with E-state index < -0.39 is 0 Å². The number of carbonyl (C=O) groups is 1. The largest absolute Gasteiger partial charge is 0.323 e. The molecule has 0 fully saturated rings. The number of hydrogen-bond donors (Lipinski definition) is 1. The number of aryl methyl sites for hydroxylation is 1. The number of anilines is 1. The minimum atomic E-state index is 0.00554. The van der Waals surface area contributed by atoms with E-state index in [9.17, 15) is 4.79 Å². The maximum absolute atomic E-state index is 12.3. The number of nitrogens with zero attached hydrogens (tertiary/aromatic N) is 3. The summed E-state index contributed by atoms with van der Waals surface area (Å²) < 4.78 is 1.80. The second-order valence-electron chi connectivity index (χ2n) is 6.22. The van der Waals surface area contributed by atoms with Crippen LogP contribution in [0.3, 0.4) is 0 Å². The lowest BCUT2D eigenvalue weighted by Crippen LogP contribution is -2.21. The zero-order valence-corrected chi connectivity index (χ0v) is 13.3. The van der Waals surface area contributed by atoms with Crippen molar-refractivity contribution in [2.45, 2.75) is 39.0 Å². The summed E-state index contributed by atoms with van der Waals surface area (Å²) in [7, 11) is 1.89. The summed E-state index contributed by atoms with van der Waals surface area (Å²) in [6.07, 6.45) is 6.53. The third-order valence-corrected chi connectivity index (χ3v) is 4.48. The predicted octanol–water partition coefficient (Wildman–Crippen LogP) is 3.34. The average molecular weight is 298 g/mol. The molecular weight excluding hydrogens is 276 g/mol. The van der Waals surface area contributed by atoms with E-state index in [1.165, 1.54) is 0 Å². The molecule has 1 aliphatic heterocycles. The van der Waals surface area contributed by atoms with E-state index >= 15 is 0 Å². The molecular formula is C17H22N4O. The Morgan fingerprint density at radius 1 is 1.27 bits per heavy atom. The molecule has 22 heavy (non-hydrogen) atoms. The van der Waals surface area contributed by atoms with Crippen LogP contribution in [-0.2, 0) is 11.8 Å². The van der Waals surface area contributed by atoms with Crippen LogP contribution in [0.1, 0.15) is 44.7 Å². The predicted molar refractivity (Wildman–Crippen MR) is 86.5 cm³/mol. The number of carbonyl (C=O) groups excluding carboxylic acids is 1. The fourth-order valence-corrected chi connectivity index (χ4v) is 3.00. The molecule has 0 radical (unpaired) electrons. The molecule has 1 aliphatic rings. The Kier molecular flexibility index (Phi) is 3.96. The molecule has 3 rings (SSSR count). The van der Waals surface area contributed by atoms with Gasteiger partial charge in [0.05, 0.1) is 17.6 Å². The highest BCUT2D eigenvalue weighted by Crippen LogP contribution is 2.31. The lowest BCUT2D eigenvalue weighted by atomic mass is 9.94. The molecule has 0 saturated carbocycles. The monoisotopic (exact) mass is 298 g/mol. The van der Waals surface area contributed by atoms with Crippen molar-refractivity contribution in [1.29, 1.82) is 0 Å². The summed E-state index contributed by atoms with van der Waals surface area (Å²) in [6, 6.07) is 4.08. The molecule has 0 aromatic carbocycles. The van der Waals surface area contributed by atoms with Crippen LogP contribution in [0.25, 0.3) is 11.3 Å². The van der Waals surface area contributed by atoms with Gasteiger partial charge in [0.2, 0.25) is 5.91 Å². The summed E-state index contributed by atoms with van der Waals surface area (Å²) in [4.78, 5) is 16.9. The van der Waals surface area contributed by atoms with Gasteiger partial charge in [0.15, 0.2) is 0 Å². The summed E-state index contributed by atoms with van der Waals surface area (Å²) in [6.45, 7) is 4.19. The van der Waals surface area contributed by atoms with Crippen LogP contribution < -0.4 is 5.32 Å². The van der Waals surface area contributed by atoms with Crippen LogP contribution >= 0.6 is 0 Å². The van der Waals surface area contributed by atoms with Gasteiger partial charge in [0.1, 0.15) is 0 Å². The molecule has 5 heteroatoms. The van der Waals surface area contributed by atoms with Crippen molar-refractivity contribution in [1.82, 2.24) is 14.8 Å². The first-order valence-corrected chi connectivity index (χ1v) is 7.85. The fraction of sp³-hybridized carbons (Fsp3) is 0.471. The molecule has 5 nitrogen and oxygen atoms in total. The Hall–Kier alpha value is -2.17. The van der Waals surface area contributed by atoms with Crippen molar-refractivity contribution in [3.8, 4) is 11.3 Å². The Morgan fingerprint density at radius 3 is 2.86 bits per heavy atom. The number of hydrogen-bond acceptors (Lipinski definition) is 3. The normalized spacial score (nSPS) is 22.2. The van der Waals surface area contributed by atoms with Crippen molar-refractivity contribution in [3.05, 3.63) is 30.2 Å². The fourth-order valence-electron chi connectivity index (χ4n) is 3.00. The zero-order valence-electron chi connectivity index (χ0n) is 13.3. The smallest absolute Gasteiger partial charge is 0.227 e. The van der Waals surface area contributed by atoms with Gasteiger partial charge in [0.25, 0.3) is 0 Å². The highest BCUT2D eigenvalue weighted by Gasteiger charge is 2.20. The topological polar surface area (TPSA) is 59.8 Å². The van der Waals surface area contributed by atoms with E-state index in [2.05, 4.69) is 28.4 Å². The number of amides is 1. The van der Waals surface area contributed by atoms with Gasteiger partial charge in [-0.15, -0.1) is 0 Å². The Morgan fingerprint density at radius 2 is 2.05 bits per heavy atom. The van der Waals surface area contributed by atoms with Gasteiger partial charge >= 0.3 is 0 Å². The van der Waals surface area contributed by atoms with E-state index in [1.807, 2.05) is 26.2 Å². The molecule has 2 bridgehead atoms. The van der Waals surface area contributed by atoms with Crippen molar-refractivity contribution < 1.29 is 4.79 Å². The lowest BCUT2D eigenvalue weighted by Gasteiger charge is -2.17. The molecule has 0 aliphatic carbocycles. The first kappa shape index (κ1) is 14.8. The first-order valence-electron chi connectivity index (χ1n) is 7.85. The third-order valence-electron chi connectivity index (χ3n) is 4.48. The highest BCUT2D eigenvalue weighted by molar-refractivity contribution is 5.95. The van der Waals surface area contributed by atoms with E-state index in [0.29, 0.717) is 5.92 Å². The van der Waals surface area contributed by atoms with Crippen molar-refractivity contribution >= 4 is 11.6 Å². The van der Waals surface area contributed by atoms with Crippen LogP contribution in [0, 0.1) is 5.92 Å². The number of rotatable bonds is 0. The van der Waals surface area contributed by atoms with Crippen LogP contribution in [0.2, 0.25) is 0 Å². The summed E-state index contributed by atoms with van der Waals surface area (Å²) in [5.41, 5.74) is 3.84. The average Bonchev–Trinajstić information content (AvgIpc) is 2.87. The van der Waals surface area contributed by atoms with Crippen LogP contribution in [0.4, 0.5) is 5.69 Å². The van der Waals surface area contributed by atoms with E-state index in [4.69, 9.17) is 0 Å². The van der Waals surface area contributed by atoms with E-state index in [-0.39, 0.29) is 11.8 Å². The lowest BCUT2D eigenvalue weighted by molar-refractivity contribution is -0.119.